The summed E-state index contributed by atoms with van der Waals surface area (Å²) in [6.45, 7) is 1.39. The SMILES string of the molecule is COC[C@@H](OC(C)=O)[C@H]1OC(O)[C@H](OC)[C@@H](OC)[C@@H]1OC. The van der Waals surface area contributed by atoms with E-state index in [9.17, 15) is 9.90 Å². The highest BCUT2D eigenvalue weighted by molar-refractivity contribution is 5.66. The molecule has 8 heteroatoms. The van der Waals surface area contributed by atoms with Crippen molar-refractivity contribution in [1.29, 1.82) is 0 Å². The van der Waals surface area contributed by atoms with Gasteiger partial charge in [-0.3, -0.25) is 4.79 Å². The fourth-order valence-electron chi connectivity index (χ4n) is 2.51. The topological polar surface area (TPSA) is 92.7 Å². The van der Waals surface area contributed by atoms with Crippen LogP contribution in [0.3, 0.4) is 0 Å². The summed E-state index contributed by atoms with van der Waals surface area (Å²) >= 11 is 0. The number of hydrogen-bond donors (Lipinski definition) is 1. The molecule has 124 valence electrons. The lowest BCUT2D eigenvalue weighted by Gasteiger charge is -2.44. The van der Waals surface area contributed by atoms with Crippen molar-refractivity contribution < 1.29 is 38.3 Å². The summed E-state index contributed by atoms with van der Waals surface area (Å²) in [5.41, 5.74) is 0. The van der Waals surface area contributed by atoms with Gasteiger partial charge in [-0.1, -0.05) is 0 Å². The fourth-order valence-corrected chi connectivity index (χ4v) is 2.51. The third-order valence-corrected chi connectivity index (χ3v) is 3.38. The van der Waals surface area contributed by atoms with Crippen molar-refractivity contribution >= 4 is 5.97 Å². The van der Waals surface area contributed by atoms with Gasteiger partial charge in [0.1, 0.15) is 24.4 Å². The molecule has 8 nitrogen and oxygen atoms in total. The lowest BCUT2D eigenvalue weighted by Crippen LogP contribution is -2.63. The molecular formula is C13H24O8. The van der Waals surface area contributed by atoms with Gasteiger partial charge in [-0.05, 0) is 0 Å². The number of rotatable bonds is 7. The van der Waals surface area contributed by atoms with E-state index in [1.165, 1.54) is 35.4 Å². The van der Waals surface area contributed by atoms with Crippen LogP contribution in [0.25, 0.3) is 0 Å². The van der Waals surface area contributed by atoms with E-state index in [-0.39, 0.29) is 6.61 Å². The van der Waals surface area contributed by atoms with Gasteiger partial charge >= 0.3 is 5.97 Å². The molecule has 0 radical (unpaired) electrons. The minimum absolute atomic E-state index is 0.102. The summed E-state index contributed by atoms with van der Waals surface area (Å²) in [4.78, 5) is 11.2. The van der Waals surface area contributed by atoms with Gasteiger partial charge < -0.3 is 33.5 Å². The Labute approximate surface area is 124 Å². The first kappa shape index (κ1) is 18.3. The highest BCUT2D eigenvalue weighted by Gasteiger charge is 2.50. The van der Waals surface area contributed by atoms with E-state index >= 15 is 0 Å². The summed E-state index contributed by atoms with van der Waals surface area (Å²) in [6.07, 6.45) is -4.60. The lowest BCUT2D eigenvalue weighted by atomic mass is 9.95. The van der Waals surface area contributed by atoms with Gasteiger partial charge in [0.25, 0.3) is 0 Å². The van der Waals surface area contributed by atoms with Crippen LogP contribution in [0.15, 0.2) is 0 Å². The highest BCUT2D eigenvalue weighted by atomic mass is 16.7. The molecule has 6 atom stereocenters. The molecule has 1 fully saturated rings. The average molecular weight is 308 g/mol. The van der Waals surface area contributed by atoms with Crippen molar-refractivity contribution in [3.8, 4) is 0 Å². The van der Waals surface area contributed by atoms with E-state index in [0.717, 1.165) is 0 Å². The predicted molar refractivity (Wildman–Crippen MR) is 70.7 cm³/mol. The van der Waals surface area contributed by atoms with Gasteiger partial charge in [0, 0.05) is 35.4 Å². The molecule has 0 saturated carbocycles. The van der Waals surface area contributed by atoms with Crippen LogP contribution < -0.4 is 0 Å². The molecule has 1 aliphatic heterocycles. The number of hydrogen-bond acceptors (Lipinski definition) is 8. The van der Waals surface area contributed by atoms with Crippen molar-refractivity contribution in [1.82, 2.24) is 0 Å². The molecule has 1 aliphatic rings. The van der Waals surface area contributed by atoms with Crippen molar-refractivity contribution in [3.05, 3.63) is 0 Å². The largest absolute Gasteiger partial charge is 0.457 e. The molecule has 0 amide bonds. The van der Waals surface area contributed by atoms with Crippen LogP contribution >= 0.6 is 0 Å². The van der Waals surface area contributed by atoms with Crippen molar-refractivity contribution in [2.75, 3.05) is 35.0 Å². The van der Waals surface area contributed by atoms with Gasteiger partial charge in [-0.2, -0.15) is 0 Å². The predicted octanol–water partition coefficient (Wildman–Crippen LogP) is -0.673. The number of methoxy groups -OCH3 is 4. The Hall–Kier alpha value is -0.770. The Balaban J connectivity index is 2.98. The van der Waals surface area contributed by atoms with Crippen LogP contribution in [0.4, 0.5) is 0 Å². The normalized spacial score (nSPS) is 34.5. The van der Waals surface area contributed by atoms with Crippen molar-refractivity contribution in [3.63, 3.8) is 0 Å². The number of esters is 1. The minimum atomic E-state index is -1.23. The maximum atomic E-state index is 11.2. The van der Waals surface area contributed by atoms with E-state index in [0.29, 0.717) is 0 Å². The second-order valence-corrected chi connectivity index (χ2v) is 4.70. The fraction of sp³-hybridized carbons (Fsp3) is 0.923. The molecule has 0 spiro atoms. The maximum Gasteiger partial charge on any atom is 0.303 e. The molecule has 0 aliphatic carbocycles. The third kappa shape index (κ3) is 4.35. The smallest absolute Gasteiger partial charge is 0.303 e. The molecule has 0 aromatic rings. The summed E-state index contributed by atoms with van der Waals surface area (Å²) < 4.78 is 31.7. The van der Waals surface area contributed by atoms with Gasteiger partial charge in [-0.25, -0.2) is 0 Å². The molecule has 1 heterocycles. The second-order valence-electron chi connectivity index (χ2n) is 4.70. The molecule has 0 bridgehead atoms. The molecule has 1 N–H and O–H groups in total. The van der Waals surface area contributed by atoms with Crippen LogP contribution in [-0.2, 0) is 33.2 Å². The summed E-state index contributed by atoms with van der Waals surface area (Å²) in [5.74, 6) is -0.479. The average Bonchev–Trinajstić information content (AvgIpc) is 2.44. The van der Waals surface area contributed by atoms with Crippen LogP contribution in [-0.4, -0.2) is 82.9 Å². The Kier molecular flexibility index (Phi) is 7.50. The Morgan fingerprint density at radius 2 is 1.67 bits per heavy atom. The minimum Gasteiger partial charge on any atom is -0.457 e. The summed E-state index contributed by atoms with van der Waals surface area (Å²) in [7, 11) is 5.88. The zero-order valence-corrected chi connectivity index (χ0v) is 13.0. The highest BCUT2D eigenvalue weighted by Crippen LogP contribution is 2.28. The Morgan fingerprint density at radius 1 is 1.10 bits per heavy atom. The first-order chi connectivity index (χ1) is 9.99. The number of carbonyl (C=O) groups is 1. The lowest BCUT2D eigenvalue weighted by molar-refractivity contribution is -0.311. The Bertz CT molecular complexity index is 323. The van der Waals surface area contributed by atoms with E-state index in [1.807, 2.05) is 0 Å². The molecule has 1 rings (SSSR count). The monoisotopic (exact) mass is 308 g/mol. The maximum absolute atomic E-state index is 11.2. The first-order valence-electron chi connectivity index (χ1n) is 6.58. The molecule has 1 unspecified atom stereocenters. The Morgan fingerprint density at radius 3 is 2.10 bits per heavy atom. The van der Waals surface area contributed by atoms with Crippen molar-refractivity contribution in [2.45, 2.75) is 43.7 Å². The van der Waals surface area contributed by atoms with E-state index in [4.69, 9.17) is 28.4 Å². The van der Waals surface area contributed by atoms with Crippen LogP contribution in [0, 0.1) is 0 Å². The standard InChI is InChI=1S/C13H24O8/c1-7(14)20-8(6-16-2)9-10(17-3)11(18-4)12(19-5)13(15)21-9/h8-13,15H,6H2,1-5H3/t8-,9-,10-,11+,12-,13?/m1/s1. The van der Waals surface area contributed by atoms with E-state index < -0.39 is 42.8 Å². The molecule has 1 saturated heterocycles. The van der Waals surface area contributed by atoms with Gasteiger partial charge in [0.15, 0.2) is 12.4 Å². The second kappa shape index (κ2) is 8.62. The summed E-state index contributed by atoms with van der Waals surface area (Å²) in [5, 5.41) is 10.0. The van der Waals surface area contributed by atoms with E-state index in [2.05, 4.69) is 0 Å². The quantitative estimate of drug-likeness (QED) is 0.619. The third-order valence-electron chi connectivity index (χ3n) is 3.38. The van der Waals surface area contributed by atoms with Gasteiger partial charge in [-0.15, -0.1) is 0 Å². The van der Waals surface area contributed by atoms with Crippen LogP contribution in [0.5, 0.6) is 0 Å². The first-order valence-corrected chi connectivity index (χ1v) is 6.58. The molecule has 0 aromatic heterocycles. The zero-order valence-electron chi connectivity index (χ0n) is 13.0. The van der Waals surface area contributed by atoms with Crippen molar-refractivity contribution in [2.24, 2.45) is 0 Å². The van der Waals surface area contributed by atoms with Gasteiger partial charge in [0.2, 0.25) is 0 Å². The number of aliphatic hydroxyl groups is 1. The van der Waals surface area contributed by atoms with E-state index in [1.54, 1.807) is 0 Å². The molecule has 21 heavy (non-hydrogen) atoms. The molecule has 0 aromatic carbocycles. The van der Waals surface area contributed by atoms with Gasteiger partial charge in [0.05, 0.1) is 6.61 Å². The molecular weight excluding hydrogens is 284 g/mol. The number of ether oxygens (including phenoxy) is 6. The summed E-state index contributed by atoms with van der Waals surface area (Å²) in [6, 6.07) is 0. The zero-order chi connectivity index (χ0) is 16.0. The number of carbonyl (C=O) groups excluding carboxylic acids is 1. The number of aliphatic hydroxyl groups excluding tert-OH is 1. The van der Waals surface area contributed by atoms with Crippen LogP contribution in [0.1, 0.15) is 6.92 Å². The van der Waals surface area contributed by atoms with Crippen LogP contribution in [0.2, 0.25) is 0 Å².